The molecule has 5 heteroatoms. The molecule has 3 aromatic rings. The van der Waals surface area contributed by atoms with Gasteiger partial charge in [0.05, 0.1) is 17.4 Å². The molecule has 3 rings (SSSR count). The Labute approximate surface area is 122 Å². The quantitative estimate of drug-likeness (QED) is 0.796. The molecule has 108 valence electrons. The Morgan fingerprint density at radius 3 is 2.57 bits per heavy atom. The van der Waals surface area contributed by atoms with Gasteiger partial charge in [0, 0.05) is 0 Å². The number of hydrogen-bond acceptors (Lipinski definition) is 5. The maximum atomic E-state index is 6.36. The highest BCUT2D eigenvalue weighted by Crippen LogP contribution is 2.27. The van der Waals surface area contributed by atoms with Gasteiger partial charge in [-0.1, -0.05) is 30.3 Å². The van der Waals surface area contributed by atoms with Crippen LogP contribution in [0.1, 0.15) is 24.1 Å². The molecule has 0 aliphatic heterocycles. The molecule has 0 spiro atoms. The number of aryl methyl sites for hydroxylation is 1. The third-order valence-electron chi connectivity index (χ3n) is 3.42. The minimum absolute atomic E-state index is 0.418. The first kappa shape index (κ1) is 13.6. The molecule has 0 bridgehead atoms. The minimum atomic E-state index is -0.718. The molecule has 0 radical (unpaired) electrons. The maximum Gasteiger partial charge on any atom is 0.251 e. The summed E-state index contributed by atoms with van der Waals surface area (Å²) in [6, 6.07) is 11.8. The second kappa shape index (κ2) is 5.18. The van der Waals surface area contributed by atoms with E-state index in [1.54, 1.807) is 12.3 Å². The van der Waals surface area contributed by atoms with Crippen molar-refractivity contribution >= 4 is 0 Å². The van der Waals surface area contributed by atoms with Gasteiger partial charge in [0.25, 0.3) is 5.89 Å². The van der Waals surface area contributed by atoms with Crippen molar-refractivity contribution in [3.05, 3.63) is 59.9 Å². The summed E-state index contributed by atoms with van der Waals surface area (Å²) >= 11 is 0. The lowest BCUT2D eigenvalue weighted by atomic mass is 9.94. The molecule has 2 N–H and O–H groups in total. The standard InChI is InChI=1S/C16H17N3O2/c1-11-13(8-9-20-11)14-18-19-15(21-14)16(2,17)10-12-6-4-3-5-7-12/h3-9H,10,17H2,1-2H3/t16-/m1/s1. The first-order valence-corrected chi connectivity index (χ1v) is 6.77. The lowest BCUT2D eigenvalue weighted by Gasteiger charge is -2.20. The SMILES string of the molecule is Cc1occc1-c1nnc([C@](C)(N)Cc2ccccc2)o1. The molecule has 0 saturated carbocycles. The molecule has 0 unspecified atom stereocenters. The first-order chi connectivity index (χ1) is 10.1. The molecule has 2 aromatic heterocycles. The van der Waals surface area contributed by atoms with Crippen LogP contribution in [0.4, 0.5) is 0 Å². The Hall–Kier alpha value is -2.40. The van der Waals surface area contributed by atoms with E-state index in [4.69, 9.17) is 14.6 Å². The Morgan fingerprint density at radius 1 is 1.14 bits per heavy atom. The molecule has 21 heavy (non-hydrogen) atoms. The second-order valence-corrected chi connectivity index (χ2v) is 5.38. The highest BCUT2D eigenvalue weighted by molar-refractivity contribution is 5.54. The van der Waals surface area contributed by atoms with Gasteiger partial charge < -0.3 is 14.6 Å². The lowest BCUT2D eigenvalue weighted by molar-refractivity contribution is 0.355. The summed E-state index contributed by atoms with van der Waals surface area (Å²) in [5, 5.41) is 8.17. The van der Waals surface area contributed by atoms with Crippen LogP contribution in [0.3, 0.4) is 0 Å². The fourth-order valence-electron chi connectivity index (χ4n) is 2.27. The van der Waals surface area contributed by atoms with Crippen LogP contribution in [-0.4, -0.2) is 10.2 Å². The third kappa shape index (κ3) is 2.73. The zero-order valence-electron chi connectivity index (χ0n) is 12.0. The normalized spacial score (nSPS) is 14.0. The minimum Gasteiger partial charge on any atom is -0.469 e. The van der Waals surface area contributed by atoms with Gasteiger partial charge in [0.15, 0.2) is 0 Å². The number of aromatic nitrogens is 2. The van der Waals surface area contributed by atoms with Crippen molar-refractivity contribution in [2.45, 2.75) is 25.8 Å². The number of benzene rings is 1. The predicted molar refractivity (Wildman–Crippen MR) is 78.4 cm³/mol. The predicted octanol–water partition coefficient (Wildman–Crippen LogP) is 3.05. The van der Waals surface area contributed by atoms with Crippen molar-refractivity contribution in [1.29, 1.82) is 0 Å². The molecular weight excluding hydrogens is 266 g/mol. The number of rotatable bonds is 4. The highest BCUT2D eigenvalue weighted by Gasteiger charge is 2.29. The fraction of sp³-hybridized carbons (Fsp3) is 0.250. The summed E-state index contributed by atoms with van der Waals surface area (Å²) in [6.07, 6.45) is 2.22. The van der Waals surface area contributed by atoms with Crippen LogP contribution in [0.15, 0.2) is 51.5 Å². The summed E-state index contributed by atoms with van der Waals surface area (Å²) in [7, 11) is 0. The average Bonchev–Trinajstić information content (AvgIpc) is 3.08. The van der Waals surface area contributed by atoms with Gasteiger partial charge in [-0.25, -0.2) is 0 Å². The van der Waals surface area contributed by atoms with Crippen LogP contribution in [-0.2, 0) is 12.0 Å². The summed E-state index contributed by atoms with van der Waals surface area (Å²) in [4.78, 5) is 0. The van der Waals surface area contributed by atoms with E-state index in [2.05, 4.69) is 10.2 Å². The van der Waals surface area contributed by atoms with Crippen molar-refractivity contribution in [2.75, 3.05) is 0 Å². The van der Waals surface area contributed by atoms with Gasteiger partial charge in [-0.3, -0.25) is 0 Å². The van der Waals surface area contributed by atoms with Crippen molar-refractivity contribution in [3.63, 3.8) is 0 Å². The summed E-state index contributed by atoms with van der Waals surface area (Å²) in [5.41, 5.74) is 7.56. The van der Waals surface area contributed by atoms with E-state index in [1.165, 1.54) is 0 Å². The molecule has 0 amide bonds. The largest absolute Gasteiger partial charge is 0.469 e. The van der Waals surface area contributed by atoms with Crippen LogP contribution < -0.4 is 5.73 Å². The Bertz CT molecular complexity index is 729. The molecule has 1 aromatic carbocycles. The topological polar surface area (TPSA) is 78.1 Å². The summed E-state index contributed by atoms with van der Waals surface area (Å²) in [5.74, 6) is 1.59. The van der Waals surface area contributed by atoms with E-state index in [-0.39, 0.29) is 0 Å². The van der Waals surface area contributed by atoms with Crippen LogP contribution >= 0.6 is 0 Å². The van der Waals surface area contributed by atoms with Crippen molar-refractivity contribution in [3.8, 4) is 11.5 Å². The Balaban J connectivity index is 1.86. The number of nitrogens with zero attached hydrogens (tertiary/aromatic N) is 2. The molecule has 2 heterocycles. The monoisotopic (exact) mass is 283 g/mol. The van der Waals surface area contributed by atoms with Crippen LogP contribution in [0, 0.1) is 6.92 Å². The molecule has 5 nitrogen and oxygen atoms in total. The zero-order chi connectivity index (χ0) is 14.9. The van der Waals surface area contributed by atoms with Gasteiger partial charge in [0.1, 0.15) is 5.76 Å². The van der Waals surface area contributed by atoms with E-state index >= 15 is 0 Å². The van der Waals surface area contributed by atoms with Crippen molar-refractivity contribution < 1.29 is 8.83 Å². The van der Waals surface area contributed by atoms with Gasteiger partial charge in [0.2, 0.25) is 5.89 Å². The lowest BCUT2D eigenvalue weighted by Crippen LogP contribution is -2.35. The highest BCUT2D eigenvalue weighted by atomic mass is 16.4. The van der Waals surface area contributed by atoms with Crippen LogP contribution in [0.5, 0.6) is 0 Å². The van der Waals surface area contributed by atoms with E-state index in [0.717, 1.165) is 16.9 Å². The first-order valence-electron chi connectivity index (χ1n) is 6.77. The van der Waals surface area contributed by atoms with Gasteiger partial charge in [-0.05, 0) is 31.9 Å². The third-order valence-corrected chi connectivity index (χ3v) is 3.42. The van der Waals surface area contributed by atoms with Gasteiger partial charge >= 0.3 is 0 Å². The summed E-state index contributed by atoms with van der Waals surface area (Å²) in [6.45, 7) is 3.74. The van der Waals surface area contributed by atoms with E-state index in [1.807, 2.05) is 44.2 Å². The molecule has 1 atom stereocenters. The molecule has 0 saturated heterocycles. The maximum absolute atomic E-state index is 6.36. The molecule has 0 fully saturated rings. The Kier molecular flexibility index (Phi) is 3.35. The number of hydrogen-bond donors (Lipinski definition) is 1. The van der Waals surface area contributed by atoms with Crippen LogP contribution in [0.25, 0.3) is 11.5 Å². The van der Waals surface area contributed by atoms with Crippen molar-refractivity contribution in [1.82, 2.24) is 10.2 Å². The molecule has 0 aliphatic rings. The van der Waals surface area contributed by atoms with Gasteiger partial charge in [-0.2, -0.15) is 0 Å². The van der Waals surface area contributed by atoms with E-state index in [0.29, 0.717) is 18.2 Å². The number of nitrogens with two attached hydrogens (primary N) is 1. The van der Waals surface area contributed by atoms with E-state index in [9.17, 15) is 0 Å². The van der Waals surface area contributed by atoms with Gasteiger partial charge in [-0.15, -0.1) is 10.2 Å². The van der Waals surface area contributed by atoms with Crippen molar-refractivity contribution in [2.24, 2.45) is 5.73 Å². The average molecular weight is 283 g/mol. The molecule has 0 aliphatic carbocycles. The summed E-state index contributed by atoms with van der Waals surface area (Å²) < 4.78 is 11.0. The van der Waals surface area contributed by atoms with Crippen LogP contribution in [0.2, 0.25) is 0 Å². The Morgan fingerprint density at radius 2 is 1.90 bits per heavy atom. The smallest absolute Gasteiger partial charge is 0.251 e. The zero-order valence-corrected chi connectivity index (χ0v) is 12.0. The molecular formula is C16H17N3O2. The number of furan rings is 1. The second-order valence-electron chi connectivity index (χ2n) is 5.38. The fourth-order valence-corrected chi connectivity index (χ4v) is 2.27. The van der Waals surface area contributed by atoms with E-state index < -0.39 is 5.54 Å².